The highest BCUT2D eigenvalue weighted by Crippen LogP contribution is 2.16. The molecule has 1 aromatic carbocycles. The van der Waals surface area contributed by atoms with Crippen molar-refractivity contribution in [3.05, 3.63) is 29.8 Å². The molecule has 19 heavy (non-hydrogen) atoms. The normalized spacial score (nSPS) is 25.2. The molecule has 0 bridgehead atoms. The zero-order chi connectivity index (χ0) is 13.7. The first-order valence-electron chi connectivity index (χ1n) is 7.24. The van der Waals surface area contributed by atoms with Crippen molar-refractivity contribution in [3.8, 4) is 0 Å². The minimum absolute atomic E-state index is 0.123. The van der Waals surface area contributed by atoms with Crippen LogP contribution in [0.1, 0.15) is 31.2 Å². The molecular weight excluding hydrogens is 236 g/mol. The molecule has 0 unspecified atom stereocenters. The van der Waals surface area contributed by atoms with Gasteiger partial charge in [-0.2, -0.15) is 0 Å². The lowest BCUT2D eigenvalue weighted by Crippen LogP contribution is -2.50. The Labute approximate surface area is 115 Å². The van der Waals surface area contributed by atoms with Crippen LogP contribution < -0.4 is 22.5 Å². The second-order valence-electron chi connectivity index (χ2n) is 5.67. The molecule has 1 fully saturated rings. The molecule has 1 aliphatic carbocycles. The van der Waals surface area contributed by atoms with E-state index in [1.807, 2.05) is 24.3 Å². The summed E-state index contributed by atoms with van der Waals surface area (Å²) in [4.78, 5) is 0. The van der Waals surface area contributed by atoms with Crippen molar-refractivity contribution < 1.29 is 0 Å². The fourth-order valence-corrected chi connectivity index (χ4v) is 2.74. The van der Waals surface area contributed by atoms with Crippen LogP contribution in [-0.4, -0.2) is 24.7 Å². The molecule has 0 aliphatic heterocycles. The van der Waals surface area contributed by atoms with Crippen molar-refractivity contribution >= 4 is 5.69 Å². The maximum Gasteiger partial charge on any atom is 0.0314 e. The van der Waals surface area contributed by atoms with Crippen LogP contribution in [-0.2, 0) is 6.42 Å². The first kappa shape index (κ1) is 14.3. The minimum atomic E-state index is 0.123. The van der Waals surface area contributed by atoms with Crippen LogP contribution in [0.25, 0.3) is 0 Å². The lowest BCUT2D eigenvalue weighted by Gasteiger charge is -2.30. The fourth-order valence-electron chi connectivity index (χ4n) is 2.74. The molecule has 1 aliphatic rings. The number of nitrogen functional groups attached to an aromatic ring is 1. The number of benzene rings is 1. The third kappa shape index (κ3) is 4.49. The van der Waals surface area contributed by atoms with Crippen molar-refractivity contribution in [2.75, 3.05) is 12.3 Å². The predicted octanol–water partition coefficient (Wildman–Crippen LogP) is 0.998. The number of anilines is 1. The summed E-state index contributed by atoms with van der Waals surface area (Å²) < 4.78 is 0. The summed E-state index contributed by atoms with van der Waals surface area (Å²) in [5.74, 6) is 0. The van der Waals surface area contributed by atoms with Crippen LogP contribution in [0.2, 0.25) is 0 Å². The Kier molecular flexibility index (Phi) is 5.19. The highest BCUT2D eigenvalue weighted by Gasteiger charge is 2.21. The smallest absolute Gasteiger partial charge is 0.0314 e. The molecule has 1 saturated carbocycles. The molecule has 106 valence electrons. The molecule has 0 radical (unpaired) electrons. The molecule has 3 atom stereocenters. The SMILES string of the molecule is Nc1ccc(C[C@@H](N)CN[C@@H]2CCCC[C@H]2N)cc1. The molecule has 4 nitrogen and oxygen atoms in total. The average Bonchev–Trinajstić information content (AvgIpc) is 2.40. The summed E-state index contributed by atoms with van der Waals surface area (Å²) in [6.07, 6.45) is 5.71. The molecule has 0 aromatic heterocycles. The van der Waals surface area contributed by atoms with Crippen molar-refractivity contribution in [2.24, 2.45) is 11.5 Å². The van der Waals surface area contributed by atoms with Gasteiger partial charge in [0.05, 0.1) is 0 Å². The second kappa shape index (κ2) is 6.89. The van der Waals surface area contributed by atoms with Gasteiger partial charge in [-0.05, 0) is 37.0 Å². The van der Waals surface area contributed by atoms with Gasteiger partial charge >= 0.3 is 0 Å². The summed E-state index contributed by atoms with van der Waals surface area (Å²) in [7, 11) is 0. The third-order valence-corrected chi connectivity index (χ3v) is 3.94. The van der Waals surface area contributed by atoms with Gasteiger partial charge in [0.2, 0.25) is 0 Å². The van der Waals surface area contributed by atoms with Gasteiger partial charge < -0.3 is 22.5 Å². The zero-order valence-corrected chi connectivity index (χ0v) is 11.5. The molecule has 7 N–H and O–H groups in total. The average molecular weight is 262 g/mol. The van der Waals surface area contributed by atoms with E-state index in [2.05, 4.69) is 5.32 Å². The van der Waals surface area contributed by atoms with Gasteiger partial charge in [0.1, 0.15) is 0 Å². The Morgan fingerprint density at radius 1 is 1.16 bits per heavy atom. The second-order valence-corrected chi connectivity index (χ2v) is 5.67. The van der Waals surface area contributed by atoms with E-state index in [0.29, 0.717) is 6.04 Å². The highest BCUT2D eigenvalue weighted by molar-refractivity contribution is 5.39. The standard InChI is InChI=1S/C15H26N4/c16-12-7-5-11(6-8-12)9-13(17)10-19-15-4-2-1-3-14(15)18/h5-8,13-15,19H,1-4,9-10,16-18H2/t13-,14-,15-/m1/s1. The Morgan fingerprint density at radius 3 is 2.53 bits per heavy atom. The maximum absolute atomic E-state index is 6.17. The fraction of sp³-hybridized carbons (Fsp3) is 0.600. The first-order chi connectivity index (χ1) is 9.15. The Hall–Kier alpha value is -1.10. The topological polar surface area (TPSA) is 90.1 Å². The van der Waals surface area contributed by atoms with Crippen molar-refractivity contribution in [2.45, 2.75) is 50.2 Å². The van der Waals surface area contributed by atoms with Crippen LogP contribution in [0.15, 0.2) is 24.3 Å². The quantitative estimate of drug-likeness (QED) is 0.596. The molecule has 0 saturated heterocycles. The summed E-state index contributed by atoms with van der Waals surface area (Å²) >= 11 is 0. The van der Waals surface area contributed by atoms with Crippen molar-refractivity contribution in [3.63, 3.8) is 0 Å². The number of hydrogen-bond donors (Lipinski definition) is 4. The summed E-state index contributed by atoms with van der Waals surface area (Å²) in [5, 5.41) is 3.53. The molecular formula is C15H26N4. The maximum atomic E-state index is 6.17. The first-order valence-corrected chi connectivity index (χ1v) is 7.24. The third-order valence-electron chi connectivity index (χ3n) is 3.94. The van der Waals surface area contributed by atoms with Crippen LogP contribution in [0, 0.1) is 0 Å². The molecule has 0 spiro atoms. The monoisotopic (exact) mass is 262 g/mol. The van der Waals surface area contributed by atoms with Gasteiger partial charge in [0.15, 0.2) is 0 Å². The molecule has 4 heteroatoms. The molecule has 0 heterocycles. The van der Waals surface area contributed by atoms with Gasteiger partial charge in [0.25, 0.3) is 0 Å². The minimum Gasteiger partial charge on any atom is -0.399 e. The van der Waals surface area contributed by atoms with Crippen molar-refractivity contribution in [1.29, 1.82) is 0 Å². The lowest BCUT2D eigenvalue weighted by molar-refractivity contribution is 0.321. The van der Waals surface area contributed by atoms with Gasteiger partial charge in [-0.3, -0.25) is 0 Å². The zero-order valence-electron chi connectivity index (χ0n) is 11.5. The number of rotatable bonds is 5. The molecule has 1 aromatic rings. The summed E-state index contributed by atoms with van der Waals surface area (Å²) in [5.41, 5.74) is 20.0. The van der Waals surface area contributed by atoms with Gasteiger partial charge in [0, 0.05) is 30.4 Å². The van der Waals surface area contributed by atoms with E-state index >= 15 is 0 Å². The number of hydrogen-bond acceptors (Lipinski definition) is 4. The van der Waals surface area contributed by atoms with Gasteiger partial charge in [-0.15, -0.1) is 0 Å². The van der Waals surface area contributed by atoms with E-state index in [-0.39, 0.29) is 12.1 Å². The van der Waals surface area contributed by atoms with Crippen molar-refractivity contribution in [1.82, 2.24) is 5.32 Å². The van der Waals surface area contributed by atoms with Crippen LogP contribution in [0.4, 0.5) is 5.69 Å². The van der Waals surface area contributed by atoms with E-state index < -0.39 is 0 Å². The number of nitrogens with two attached hydrogens (primary N) is 3. The van der Waals surface area contributed by atoms with E-state index in [0.717, 1.165) is 25.1 Å². The van der Waals surface area contributed by atoms with Crippen LogP contribution >= 0.6 is 0 Å². The Bertz CT molecular complexity index is 376. The van der Waals surface area contributed by atoms with Gasteiger partial charge in [-0.25, -0.2) is 0 Å². The summed E-state index contributed by atoms with van der Waals surface area (Å²) in [6.45, 7) is 0.822. The molecule has 0 amide bonds. The van der Waals surface area contributed by atoms with Crippen LogP contribution in [0.3, 0.4) is 0 Å². The highest BCUT2D eigenvalue weighted by atomic mass is 15.0. The van der Waals surface area contributed by atoms with Crippen LogP contribution in [0.5, 0.6) is 0 Å². The predicted molar refractivity (Wildman–Crippen MR) is 80.8 cm³/mol. The van der Waals surface area contributed by atoms with E-state index in [1.54, 1.807) is 0 Å². The van der Waals surface area contributed by atoms with E-state index in [9.17, 15) is 0 Å². The van der Waals surface area contributed by atoms with Gasteiger partial charge in [-0.1, -0.05) is 25.0 Å². The van der Waals surface area contributed by atoms with E-state index in [4.69, 9.17) is 17.2 Å². The lowest BCUT2D eigenvalue weighted by atomic mass is 9.91. The summed E-state index contributed by atoms with van der Waals surface area (Å²) in [6, 6.07) is 8.78. The Morgan fingerprint density at radius 2 is 1.84 bits per heavy atom. The largest absolute Gasteiger partial charge is 0.399 e. The van der Waals surface area contributed by atoms with E-state index in [1.165, 1.54) is 24.8 Å². The number of nitrogens with one attached hydrogen (secondary N) is 1. The molecule has 2 rings (SSSR count). The Balaban J connectivity index is 1.74.